The number of carbonyl (C=O) groups is 3. The normalized spacial score (nSPS) is 13.7. The van der Waals surface area contributed by atoms with Crippen molar-refractivity contribution in [2.45, 2.75) is 19.8 Å². The van der Waals surface area contributed by atoms with Crippen molar-refractivity contribution in [2.24, 2.45) is 0 Å². The number of carbonyl (C=O) groups excluding carboxylic acids is 2. The zero-order chi connectivity index (χ0) is 13.3. The number of carboxylic acid groups (broad SMARTS) is 1. The molecule has 0 radical (unpaired) electrons. The quantitative estimate of drug-likeness (QED) is 0.571. The molecule has 1 rings (SSSR count). The van der Waals surface area contributed by atoms with Crippen LogP contribution in [0.5, 0.6) is 0 Å². The second kappa shape index (κ2) is 8.32. The standard InChI is InChI=1S/C9H13NO3.C2H4O2/c1-2-9(12)13-7-6-10-5-3-4-8(10)11;1-2(3)4/h2H,1,3-7H2;1H3,(H,3,4). The first-order chi connectivity index (χ1) is 7.97. The van der Waals surface area contributed by atoms with Crippen molar-refractivity contribution in [3.63, 3.8) is 0 Å². The smallest absolute Gasteiger partial charge is 0.330 e. The van der Waals surface area contributed by atoms with E-state index in [-0.39, 0.29) is 12.5 Å². The number of aliphatic carboxylic acids is 1. The Balaban J connectivity index is 0.000000557. The van der Waals surface area contributed by atoms with Crippen molar-refractivity contribution in [1.82, 2.24) is 4.90 Å². The monoisotopic (exact) mass is 243 g/mol. The van der Waals surface area contributed by atoms with E-state index in [0.29, 0.717) is 13.0 Å². The fraction of sp³-hybridized carbons (Fsp3) is 0.545. The van der Waals surface area contributed by atoms with Crippen LogP contribution in [0.4, 0.5) is 0 Å². The molecule has 0 aromatic rings. The van der Waals surface area contributed by atoms with Gasteiger partial charge in [0.05, 0.1) is 6.54 Å². The van der Waals surface area contributed by atoms with E-state index < -0.39 is 11.9 Å². The molecular weight excluding hydrogens is 226 g/mol. The third-order valence-corrected chi connectivity index (χ3v) is 1.94. The Kier molecular flexibility index (Phi) is 7.41. The molecule has 1 fully saturated rings. The number of hydrogen-bond donors (Lipinski definition) is 1. The van der Waals surface area contributed by atoms with Crippen LogP contribution in [-0.4, -0.2) is 47.5 Å². The molecule has 0 atom stereocenters. The van der Waals surface area contributed by atoms with Crippen molar-refractivity contribution in [2.75, 3.05) is 19.7 Å². The van der Waals surface area contributed by atoms with Crippen LogP contribution < -0.4 is 0 Å². The van der Waals surface area contributed by atoms with Crippen molar-refractivity contribution in [3.8, 4) is 0 Å². The zero-order valence-electron chi connectivity index (χ0n) is 9.85. The highest BCUT2D eigenvalue weighted by Crippen LogP contribution is 2.08. The molecule has 1 amide bonds. The summed E-state index contributed by atoms with van der Waals surface area (Å²) in [5, 5.41) is 7.42. The SMILES string of the molecule is C=CC(=O)OCCN1CCCC1=O.CC(=O)O. The lowest BCUT2D eigenvalue weighted by molar-refractivity contribution is -0.140. The first kappa shape index (κ1) is 15.2. The van der Waals surface area contributed by atoms with Gasteiger partial charge in [-0.05, 0) is 6.42 Å². The fourth-order valence-corrected chi connectivity index (χ4v) is 1.26. The Morgan fingerprint density at radius 1 is 1.59 bits per heavy atom. The third-order valence-electron chi connectivity index (χ3n) is 1.94. The van der Waals surface area contributed by atoms with Crippen molar-refractivity contribution >= 4 is 17.8 Å². The number of hydrogen-bond acceptors (Lipinski definition) is 4. The van der Waals surface area contributed by atoms with E-state index in [9.17, 15) is 9.59 Å². The van der Waals surface area contributed by atoms with Gasteiger partial charge in [-0.2, -0.15) is 0 Å². The number of amides is 1. The lowest BCUT2D eigenvalue weighted by Gasteiger charge is -2.14. The van der Waals surface area contributed by atoms with Gasteiger partial charge in [-0.15, -0.1) is 0 Å². The molecule has 6 heteroatoms. The van der Waals surface area contributed by atoms with Crippen molar-refractivity contribution < 1.29 is 24.2 Å². The van der Waals surface area contributed by atoms with Crippen LogP contribution in [0.15, 0.2) is 12.7 Å². The Labute approximate surface area is 99.9 Å². The van der Waals surface area contributed by atoms with Gasteiger partial charge in [0, 0.05) is 26.0 Å². The predicted octanol–water partition coefficient (Wildman–Crippen LogP) is 0.429. The molecule has 1 N–H and O–H groups in total. The second-order valence-electron chi connectivity index (χ2n) is 3.37. The van der Waals surface area contributed by atoms with Gasteiger partial charge >= 0.3 is 5.97 Å². The fourth-order valence-electron chi connectivity index (χ4n) is 1.26. The largest absolute Gasteiger partial charge is 0.481 e. The first-order valence-corrected chi connectivity index (χ1v) is 5.24. The highest BCUT2D eigenvalue weighted by molar-refractivity contribution is 5.81. The van der Waals surface area contributed by atoms with Crippen molar-refractivity contribution in [1.29, 1.82) is 0 Å². The Morgan fingerprint density at radius 3 is 2.59 bits per heavy atom. The van der Waals surface area contributed by atoms with Crippen LogP contribution >= 0.6 is 0 Å². The molecule has 0 bridgehead atoms. The molecule has 17 heavy (non-hydrogen) atoms. The summed E-state index contributed by atoms with van der Waals surface area (Å²) in [6, 6.07) is 0. The number of rotatable bonds is 4. The topological polar surface area (TPSA) is 83.9 Å². The van der Waals surface area contributed by atoms with E-state index in [1.165, 1.54) is 0 Å². The summed E-state index contributed by atoms with van der Waals surface area (Å²) in [6.07, 6.45) is 2.65. The van der Waals surface area contributed by atoms with Gasteiger partial charge in [0.1, 0.15) is 6.61 Å². The van der Waals surface area contributed by atoms with Gasteiger partial charge in [0.15, 0.2) is 0 Å². The second-order valence-corrected chi connectivity index (χ2v) is 3.37. The van der Waals surface area contributed by atoms with E-state index in [1.807, 2.05) is 0 Å². The lowest BCUT2D eigenvalue weighted by atomic mass is 10.4. The number of ether oxygens (including phenoxy) is 1. The summed E-state index contributed by atoms with van der Waals surface area (Å²) >= 11 is 0. The molecule has 1 saturated heterocycles. The maximum atomic E-state index is 11.1. The number of carboxylic acids is 1. The first-order valence-electron chi connectivity index (χ1n) is 5.24. The summed E-state index contributed by atoms with van der Waals surface area (Å²) < 4.78 is 4.75. The summed E-state index contributed by atoms with van der Waals surface area (Å²) in [5.41, 5.74) is 0. The van der Waals surface area contributed by atoms with Gasteiger partial charge in [0.25, 0.3) is 5.97 Å². The van der Waals surface area contributed by atoms with Crippen molar-refractivity contribution in [3.05, 3.63) is 12.7 Å². The summed E-state index contributed by atoms with van der Waals surface area (Å²) in [7, 11) is 0. The molecule has 0 unspecified atom stereocenters. The van der Waals surface area contributed by atoms with Crippen LogP contribution in [0.25, 0.3) is 0 Å². The highest BCUT2D eigenvalue weighted by atomic mass is 16.5. The van der Waals surface area contributed by atoms with Gasteiger partial charge in [0.2, 0.25) is 5.91 Å². The predicted molar refractivity (Wildman–Crippen MR) is 60.3 cm³/mol. The highest BCUT2D eigenvalue weighted by Gasteiger charge is 2.19. The molecule has 1 aliphatic heterocycles. The summed E-state index contributed by atoms with van der Waals surface area (Å²) in [6.45, 7) is 5.90. The number of nitrogens with zero attached hydrogens (tertiary/aromatic N) is 1. The Bertz CT molecular complexity index is 296. The molecule has 0 spiro atoms. The molecule has 0 aromatic heterocycles. The van der Waals surface area contributed by atoms with E-state index >= 15 is 0 Å². The molecule has 0 aliphatic carbocycles. The van der Waals surface area contributed by atoms with Gasteiger partial charge in [-0.1, -0.05) is 6.58 Å². The van der Waals surface area contributed by atoms with Gasteiger partial charge < -0.3 is 14.7 Å². The minimum absolute atomic E-state index is 0.148. The third kappa shape index (κ3) is 8.01. The zero-order valence-corrected chi connectivity index (χ0v) is 9.85. The van der Waals surface area contributed by atoms with Crippen LogP contribution in [0, 0.1) is 0 Å². The van der Waals surface area contributed by atoms with Crippen LogP contribution in [0.1, 0.15) is 19.8 Å². The van der Waals surface area contributed by atoms with E-state index in [2.05, 4.69) is 6.58 Å². The van der Waals surface area contributed by atoms with Crippen LogP contribution in [-0.2, 0) is 19.1 Å². The maximum Gasteiger partial charge on any atom is 0.330 e. The molecule has 0 saturated carbocycles. The molecule has 1 heterocycles. The van der Waals surface area contributed by atoms with E-state index in [1.54, 1.807) is 4.90 Å². The molecule has 0 aromatic carbocycles. The Hall–Kier alpha value is -1.85. The molecule has 96 valence electrons. The minimum atomic E-state index is -0.833. The average Bonchev–Trinajstić information content (AvgIpc) is 2.63. The van der Waals surface area contributed by atoms with Gasteiger partial charge in [-0.25, -0.2) is 4.79 Å². The van der Waals surface area contributed by atoms with Crippen LogP contribution in [0.2, 0.25) is 0 Å². The van der Waals surface area contributed by atoms with E-state index in [0.717, 1.165) is 26.0 Å². The summed E-state index contributed by atoms with van der Waals surface area (Å²) in [4.78, 5) is 32.4. The van der Waals surface area contributed by atoms with E-state index in [4.69, 9.17) is 14.6 Å². The minimum Gasteiger partial charge on any atom is -0.481 e. The molecular formula is C11H17NO5. The number of likely N-dealkylation sites (tertiary alicyclic amines) is 1. The van der Waals surface area contributed by atoms with Crippen LogP contribution in [0.3, 0.4) is 0 Å². The molecule has 6 nitrogen and oxygen atoms in total. The average molecular weight is 243 g/mol. The lowest BCUT2D eigenvalue weighted by Crippen LogP contribution is -2.29. The maximum absolute atomic E-state index is 11.1. The Morgan fingerprint density at radius 2 is 2.18 bits per heavy atom. The summed E-state index contributed by atoms with van der Waals surface area (Å²) in [5.74, 6) is -1.12. The molecule has 1 aliphatic rings. The number of esters is 1. The van der Waals surface area contributed by atoms with Gasteiger partial charge in [-0.3, -0.25) is 9.59 Å².